The highest BCUT2D eigenvalue weighted by molar-refractivity contribution is 7.92. The Morgan fingerprint density at radius 3 is 2.21 bits per heavy atom. The summed E-state index contributed by atoms with van der Waals surface area (Å²) in [6, 6.07) is 11.7. The predicted molar refractivity (Wildman–Crippen MR) is 123 cm³/mol. The van der Waals surface area contributed by atoms with E-state index < -0.39 is 39.1 Å². The van der Waals surface area contributed by atoms with Crippen molar-refractivity contribution in [2.45, 2.75) is 30.6 Å². The molecule has 180 valence electrons. The van der Waals surface area contributed by atoms with Gasteiger partial charge in [-0.05, 0) is 78.9 Å². The highest BCUT2D eigenvalue weighted by Crippen LogP contribution is 2.29. The number of anilines is 1. The maximum atomic E-state index is 14.6. The number of halogens is 4. The molecule has 0 bridgehead atoms. The molecule has 0 heterocycles. The maximum absolute atomic E-state index is 14.6. The molecule has 0 aliphatic carbocycles. The number of nitrogens with zero attached hydrogens (tertiary/aromatic N) is 1. The first-order valence-corrected chi connectivity index (χ1v) is 12.1. The van der Waals surface area contributed by atoms with Gasteiger partial charge < -0.3 is 5.11 Å². The average Bonchev–Trinajstić information content (AvgIpc) is 2.77. The second kappa shape index (κ2) is 10.9. The number of aryl methyl sites for hydroxylation is 1. The number of benzene rings is 3. The van der Waals surface area contributed by atoms with Gasteiger partial charge in [0.2, 0.25) is 0 Å². The van der Waals surface area contributed by atoms with Crippen molar-refractivity contribution in [2.24, 2.45) is 0 Å². The highest BCUT2D eigenvalue weighted by Gasteiger charge is 2.28. The summed E-state index contributed by atoms with van der Waals surface area (Å²) >= 11 is 5.85. The lowest BCUT2D eigenvalue weighted by molar-refractivity contribution is -0.137. The molecule has 0 aromatic heterocycles. The van der Waals surface area contributed by atoms with Crippen LogP contribution in [0.25, 0.3) is 0 Å². The van der Waals surface area contributed by atoms with Crippen molar-refractivity contribution in [1.82, 2.24) is 0 Å². The van der Waals surface area contributed by atoms with Gasteiger partial charge in [-0.1, -0.05) is 17.7 Å². The monoisotopic (exact) mass is 511 g/mol. The normalized spacial score (nSPS) is 11.4. The van der Waals surface area contributed by atoms with E-state index in [4.69, 9.17) is 16.7 Å². The number of hydrogen-bond acceptors (Lipinski definition) is 3. The molecule has 0 spiro atoms. The van der Waals surface area contributed by atoms with E-state index in [1.807, 2.05) is 0 Å². The minimum absolute atomic E-state index is 0.0471. The van der Waals surface area contributed by atoms with Gasteiger partial charge in [0, 0.05) is 24.1 Å². The van der Waals surface area contributed by atoms with Gasteiger partial charge in [-0.15, -0.1) is 0 Å². The van der Waals surface area contributed by atoms with E-state index in [9.17, 15) is 26.4 Å². The molecule has 0 saturated heterocycles. The van der Waals surface area contributed by atoms with Gasteiger partial charge in [-0.3, -0.25) is 9.10 Å². The largest absolute Gasteiger partial charge is 0.481 e. The molecule has 0 radical (unpaired) electrons. The Morgan fingerprint density at radius 1 is 0.882 bits per heavy atom. The van der Waals surface area contributed by atoms with Gasteiger partial charge in [0.15, 0.2) is 0 Å². The zero-order valence-corrected chi connectivity index (χ0v) is 19.4. The molecular weight excluding hydrogens is 491 g/mol. The summed E-state index contributed by atoms with van der Waals surface area (Å²) in [5.74, 6) is -3.25. The SMILES string of the molecule is O=C(O)CCCc1cc(F)ccc1CCN(c1cc(F)ccc1F)S(=O)(=O)c1ccc(Cl)cc1. The van der Waals surface area contributed by atoms with Crippen molar-refractivity contribution in [3.8, 4) is 0 Å². The summed E-state index contributed by atoms with van der Waals surface area (Å²) in [7, 11) is -4.31. The number of carboxylic acids is 1. The van der Waals surface area contributed by atoms with Gasteiger partial charge >= 0.3 is 5.97 Å². The third kappa shape index (κ3) is 6.30. The Bertz CT molecular complexity index is 1280. The molecule has 0 unspecified atom stereocenters. The van der Waals surface area contributed by atoms with Crippen LogP contribution in [-0.4, -0.2) is 26.0 Å². The van der Waals surface area contributed by atoms with Crippen molar-refractivity contribution in [1.29, 1.82) is 0 Å². The molecule has 0 atom stereocenters. The molecule has 3 aromatic carbocycles. The Labute approximate surface area is 200 Å². The summed E-state index contributed by atoms with van der Waals surface area (Å²) in [4.78, 5) is 10.7. The second-order valence-corrected chi connectivity index (χ2v) is 9.84. The van der Waals surface area contributed by atoms with Crippen molar-refractivity contribution in [3.63, 3.8) is 0 Å². The summed E-state index contributed by atoms with van der Waals surface area (Å²) < 4.78 is 69.9. The average molecular weight is 512 g/mol. The first kappa shape index (κ1) is 25.6. The first-order valence-electron chi connectivity index (χ1n) is 10.3. The molecule has 5 nitrogen and oxygen atoms in total. The van der Waals surface area contributed by atoms with E-state index in [1.54, 1.807) is 0 Å². The van der Waals surface area contributed by atoms with E-state index in [2.05, 4.69) is 0 Å². The van der Waals surface area contributed by atoms with E-state index in [1.165, 1.54) is 42.5 Å². The van der Waals surface area contributed by atoms with Crippen molar-refractivity contribution in [2.75, 3.05) is 10.8 Å². The fourth-order valence-corrected chi connectivity index (χ4v) is 5.10. The highest BCUT2D eigenvalue weighted by atomic mass is 35.5. The Morgan fingerprint density at radius 2 is 1.53 bits per heavy atom. The van der Waals surface area contributed by atoms with Gasteiger partial charge in [-0.2, -0.15) is 0 Å². The third-order valence-electron chi connectivity index (χ3n) is 5.17. The number of rotatable bonds is 10. The molecule has 0 amide bonds. The zero-order valence-electron chi connectivity index (χ0n) is 17.8. The molecule has 0 fully saturated rings. The second-order valence-electron chi connectivity index (χ2n) is 7.54. The van der Waals surface area contributed by atoms with Crippen molar-refractivity contribution in [3.05, 3.63) is 94.3 Å². The quantitative estimate of drug-likeness (QED) is 0.384. The lowest BCUT2D eigenvalue weighted by Gasteiger charge is -2.25. The summed E-state index contributed by atoms with van der Waals surface area (Å²) in [6.07, 6.45) is 0.460. The molecule has 3 aromatic rings. The Balaban J connectivity index is 1.97. The van der Waals surface area contributed by atoms with Crippen LogP contribution in [-0.2, 0) is 27.7 Å². The lowest BCUT2D eigenvalue weighted by Crippen LogP contribution is -2.34. The summed E-state index contributed by atoms with van der Waals surface area (Å²) in [5.41, 5.74) is 0.620. The molecule has 10 heteroatoms. The fourth-order valence-electron chi connectivity index (χ4n) is 3.50. The number of carboxylic acid groups (broad SMARTS) is 1. The van der Waals surface area contributed by atoms with Crippen LogP contribution in [0.15, 0.2) is 65.6 Å². The lowest BCUT2D eigenvalue weighted by atomic mass is 9.99. The Kier molecular flexibility index (Phi) is 8.22. The number of hydrogen-bond donors (Lipinski definition) is 1. The number of aliphatic carboxylic acids is 1. The van der Waals surface area contributed by atoms with Crippen LogP contribution in [0, 0.1) is 17.5 Å². The van der Waals surface area contributed by atoms with Crippen LogP contribution < -0.4 is 4.31 Å². The van der Waals surface area contributed by atoms with E-state index >= 15 is 0 Å². The molecule has 3 rings (SSSR count). The van der Waals surface area contributed by atoms with Crippen LogP contribution in [0.1, 0.15) is 24.0 Å². The molecule has 34 heavy (non-hydrogen) atoms. The van der Waals surface area contributed by atoms with Crippen molar-refractivity contribution < 1.29 is 31.5 Å². The minimum Gasteiger partial charge on any atom is -0.481 e. The summed E-state index contributed by atoms with van der Waals surface area (Å²) in [6.45, 7) is -0.275. The molecule has 0 saturated carbocycles. The van der Waals surface area contributed by atoms with Crippen LogP contribution in [0.5, 0.6) is 0 Å². The summed E-state index contributed by atoms with van der Waals surface area (Å²) in [5, 5.41) is 9.16. The zero-order chi connectivity index (χ0) is 24.9. The molecule has 1 N–H and O–H groups in total. The van der Waals surface area contributed by atoms with Gasteiger partial charge in [-0.25, -0.2) is 21.6 Å². The maximum Gasteiger partial charge on any atom is 0.303 e. The molecule has 0 aliphatic rings. The fraction of sp³-hybridized carbons (Fsp3) is 0.208. The van der Waals surface area contributed by atoms with E-state index in [0.717, 1.165) is 22.5 Å². The van der Waals surface area contributed by atoms with Crippen molar-refractivity contribution >= 4 is 33.3 Å². The van der Waals surface area contributed by atoms with Crippen LogP contribution in [0.2, 0.25) is 5.02 Å². The standard InChI is InChI=1S/C24H21ClF3NO4S/c25-18-5-9-21(10-6-18)34(32,33)29(23-15-20(27)8-11-22(23)28)13-12-16-4-7-19(26)14-17(16)2-1-3-24(30)31/h4-11,14-15H,1-3,12-13H2,(H,30,31). The minimum atomic E-state index is -4.31. The van der Waals surface area contributed by atoms with Gasteiger partial charge in [0.05, 0.1) is 10.6 Å². The van der Waals surface area contributed by atoms with Gasteiger partial charge in [0.1, 0.15) is 17.5 Å². The number of sulfonamides is 1. The van der Waals surface area contributed by atoms with Crippen LogP contribution >= 0.6 is 11.6 Å². The smallest absolute Gasteiger partial charge is 0.303 e. The van der Waals surface area contributed by atoms with Crippen LogP contribution in [0.3, 0.4) is 0 Å². The third-order valence-corrected chi connectivity index (χ3v) is 7.25. The van der Waals surface area contributed by atoms with E-state index in [0.29, 0.717) is 16.1 Å². The van der Waals surface area contributed by atoms with Gasteiger partial charge in [0.25, 0.3) is 10.0 Å². The topological polar surface area (TPSA) is 74.7 Å². The molecule has 0 aliphatic heterocycles. The van der Waals surface area contributed by atoms with E-state index in [-0.39, 0.29) is 37.1 Å². The predicted octanol–water partition coefficient (Wildman–Crippen LogP) is 5.60. The van der Waals surface area contributed by atoms with Crippen LogP contribution in [0.4, 0.5) is 18.9 Å². The Hall–Kier alpha value is -3.04. The molecular formula is C24H21ClF3NO4S. The number of carbonyl (C=O) groups is 1. The first-order chi connectivity index (χ1) is 16.1.